The summed E-state index contributed by atoms with van der Waals surface area (Å²) in [5.41, 5.74) is 0.0938. The topological polar surface area (TPSA) is 166 Å². The van der Waals surface area contributed by atoms with E-state index in [0.717, 1.165) is 18.2 Å². The van der Waals surface area contributed by atoms with E-state index < -0.39 is 31.7 Å². The highest BCUT2D eigenvalue weighted by Gasteiger charge is 2.14. The van der Waals surface area contributed by atoms with Gasteiger partial charge in [-0.05, 0) is 29.8 Å². The molecule has 0 radical (unpaired) electrons. The van der Waals surface area contributed by atoms with Crippen molar-refractivity contribution in [1.82, 2.24) is 0 Å². The predicted octanol–water partition coefficient (Wildman–Crippen LogP) is 2.90. The number of hydrogen-bond acceptors (Lipinski definition) is 8. The Morgan fingerprint density at radius 1 is 1.20 bits per heavy atom. The summed E-state index contributed by atoms with van der Waals surface area (Å²) < 4.78 is 30.8. The second-order valence-electron chi connectivity index (χ2n) is 4.72. The van der Waals surface area contributed by atoms with Crippen LogP contribution in [0.5, 0.6) is 5.75 Å². The van der Waals surface area contributed by atoms with Gasteiger partial charge in [0.1, 0.15) is 11.4 Å². The van der Waals surface area contributed by atoms with Gasteiger partial charge in [-0.2, -0.15) is 23.9 Å². The van der Waals surface area contributed by atoms with E-state index in [1.165, 1.54) is 24.3 Å². The standard InChI is InChI=1S/C14H10N4O6S/c15-8-13(9-1-3-10(4-2-9)18(20)21)17-16-12-6-5-11(7-14(12)19)25(22,23)24/h1-7,13,19H,(H,22,23,24). The molecule has 2 aromatic carbocycles. The van der Waals surface area contributed by atoms with Crippen molar-refractivity contribution in [3.8, 4) is 11.8 Å². The minimum Gasteiger partial charge on any atom is -0.506 e. The van der Waals surface area contributed by atoms with Crippen LogP contribution in [0.4, 0.5) is 11.4 Å². The molecule has 0 heterocycles. The van der Waals surface area contributed by atoms with Gasteiger partial charge < -0.3 is 5.11 Å². The molecule has 0 aromatic heterocycles. The fourth-order valence-corrected chi connectivity index (χ4v) is 2.31. The molecule has 128 valence electrons. The van der Waals surface area contributed by atoms with Gasteiger partial charge in [-0.1, -0.05) is 0 Å². The molecule has 0 aliphatic rings. The van der Waals surface area contributed by atoms with Crippen LogP contribution in [0.1, 0.15) is 11.6 Å². The van der Waals surface area contributed by atoms with Gasteiger partial charge in [0.2, 0.25) is 0 Å². The minimum absolute atomic E-state index is 0.116. The number of nitro groups is 1. The van der Waals surface area contributed by atoms with Gasteiger partial charge >= 0.3 is 0 Å². The number of rotatable bonds is 5. The summed E-state index contributed by atoms with van der Waals surface area (Å²) in [5, 5.41) is 36.9. The molecule has 0 fully saturated rings. The Hall–Kier alpha value is -3.36. The third-order valence-corrected chi connectivity index (χ3v) is 3.92. The number of phenols is 1. The normalized spacial score (nSPS) is 12.6. The SMILES string of the molecule is N#CC(N=Nc1ccc(S(=O)(=O)O)cc1O)c1ccc([N+](=O)[O-])cc1. The van der Waals surface area contributed by atoms with Crippen molar-refractivity contribution < 1.29 is 23.0 Å². The fourth-order valence-electron chi connectivity index (χ4n) is 1.81. The van der Waals surface area contributed by atoms with Crippen LogP contribution in [0, 0.1) is 21.4 Å². The number of nitro benzene ring substituents is 1. The van der Waals surface area contributed by atoms with Crippen molar-refractivity contribution in [2.45, 2.75) is 10.9 Å². The number of nitriles is 1. The highest BCUT2D eigenvalue weighted by molar-refractivity contribution is 7.85. The van der Waals surface area contributed by atoms with Gasteiger partial charge in [0.05, 0.1) is 15.9 Å². The average Bonchev–Trinajstić information content (AvgIpc) is 2.56. The molecule has 0 saturated carbocycles. The van der Waals surface area contributed by atoms with Crippen molar-refractivity contribution in [3.05, 3.63) is 58.1 Å². The molecule has 0 aliphatic heterocycles. The van der Waals surface area contributed by atoms with E-state index in [2.05, 4.69) is 10.2 Å². The maximum Gasteiger partial charge on any atom is 0.294 e. The second kappa shape index (κ2) is 7.04. The van der Waals surface area contributed by atoms with Crippen molar-refractivity contribution in [3.63, 3.8) is 0 Å². The summed E-state index contributed by atoms with van der Waals surface area (Å²) in [4.78, 5) is 9.51. The minimum atomic E-state index is -4.47. The first-order valence-electron chi connectivity index (χ1n) is 6.57. The van der Waals surface area contributed by atoms with E-state index in [1.54, 1.807) is 0 Å². The molecule has 1 atom stereocenters. The Bertz CT molecular complexity index is 979. The van der Waals surface area contributed by atoms with E-state index in [0.29, 0.717) is 5.56 Å². The lowest BCUT2D eigenvalue weighted by molar-refractivity contribution is -0.384. The third kappa shape index (κ3) is 4.34. The zero-order chi connectivity index (χ0) is 18.6. The van der Waals surface area contributed by atoms with Crippen molar-refractivity contribution in [2.75, 3.05) is 0 Å². The molecule has 0 amide bonds. The first-order valence-corrected chi connectivity index (χ1v) is 8.01. The van der Waals surface area contributed by atoms with Gasteiger partial charge in [0.25, 0.3) is 15.8 Å². The number of hydrogen-bond donors (Lipinski definition) is 2. The Kier molecular flexibility index (Phi) is 5.06. The number of non-ortho nitro benzene ring substituents is 1. The van der Waals surface area contributed by atoms with E-state index in [1.807, 2.05) is 6.07 Å². The van der Waals surface area contributed by atoms with E-state index >= 15 is 0 Å². The quantitative estimate of drug-likeness (QED) is 0.357. The third-order valence-electron chi connectivity index (χ3n) is 3.07. The van der Waals surface area contributed by atoms with Gasteiger partial charge in [0.15, 0.2) is 6.04 Å². The highest BCUT2D eigenvalue weighted by atomic mass is 32.2. The zero-order valence-corrected chi connectivity index (χ0v) is 13.2. The van der Waals surface area contributed by atoms with Crippen LogP contribution in [-0.4, -0.2) is 23.0 Å². The van der Waals surface area contributed by atoms with Gasteiger partial charge in [-0.25, -0.2) is 0 Å². The fraction of sp³-hybridized carbons (Fsp3) is 0.0714. The number of azo groups is 1. The lowest BCUT2D eigenvalue weighted by Crippen LogP contribution is -1.97. The largest absolute Gasteiger partial charge is 0.506 e. The van der Waals surface area contributed by atoms with Gasteiger partial charge in [-0.15, -0.1) is 0 Å². The smallest absolute Gasteiger partial charge is 0.294 e. The lowest BCUT2D eigenvalue weighted by atomic mass is 10.1. The van der Waals surface area contributed by atoms with E-state index in [4.69, 9.17) is 9.81 Å². The van der Waals surface area contributed by atoms with Gasteiger partial charge in [0, 0.05) is 18.2 Å². The van der Waals surface area contributed by atoms with Crippen molar-refractivity contribution in [2.24, 2.45) is 10.2 Å². The second-order valence-corrected chi connectivity index (χ2v) is 6.14. The summed E-state index contributed by atoms with van der Waals surface area (Å²) in [6, 6.07) is 8.80. The summed E-state index contributed by atoms with van der Waals surface area (Å²) in [6.45, 7) is 0. The highest BCUT2D eigenvalue weighted by Crippen LogP contribution is 2.31. The number of nitrogens with zero attached hydrogens (tertiary/aromatic N) is 4. The van der Waals surface area contributed by atoms with Crippen LogP contribution >= 0.6 is 0 Å². The summed E-state index contributed by atoms with van der Waals surface area (Å²) in [7, 11) is -4.47. The average molecular weight is 362 g/mol. The molecular formula is C14H10N4O6S. The molecule has 0 spiro atoms. The Balaban J connectivity index is 2.27. The van der Waals surface area contributed by atoms with Crippen LogP contribution in [0.2, 0.25) is 0 Å². The Morgan fingerprint density at radius 3 is 2.32 bits per heavy atom. The molecule has 25 heavy (non-hydrogen) atoms. The number of aromatic hydroxyl groups is 1. The molecule has 2 rings (SSSR count). The lowest BCUT2D eigenvalue weighted by Gasteiger charge is -2.04. The monoisotopic (exact) mass is 362 g/mol. The van der Waals surface area contributed by atoms with Crippen molar-refractivity contribution in [1.29, 1.82) is 5.26 Å². The molecule has 10 nitrogen and oxygen atoms in total. The molecule has 1 unspecified atom stereocenters. The summed E-state index contributed by atoms with van der Waals surface area (Å²) >= 11 is 0. The molecule has 11 heteroatoms. The number of phenolic OH excluding ortho intramolecular Hbond substituents is 1. The Labute approximate surface area is 141 Å². The number of benzene rings is 2. The molecule has 0 aliphatic carbocycles. The van der Waals surface area contributed by atoms with Crippen LogP contribution in [0.3, 0.4) is 0 Å². The van der Waals surface area contributed by atoms with E-state index in [9.17, 15) is 23.6 Å². The molecule has 0 saturated heterocycles. The van der Waals surface area contributed by atoms with Crippen molar-refractivity contribution >= 4 is 21.5 Å². The maximum atomic E-state index is 11.0. The summed E-state index contributed by atoms with van der Waals surface area (Å²) in [6.07, 6.45) is 0. The first kappa shape index (κ1) is 18.0. The van der Waals surface area contributed by atoms with Gasteiger partial charge in [-0.3, -0.25) is 14.7 Å². The zero-order valence-electron chi connectivity index (χ0n) is 12.3. The predicted molar refractivity (Wildman–Crippen MR) is 83.9 cm³/mol. The maximum absolute atomic E-state index is 11.0. The van der Waals surface area contributed by atoms with Crippen LogP contribution in [-0.2, 0) is 10.1 Å². The van der Waals surface area contributed by atoms with Crippen LogP contribution < -0.4 is 0 Å². The molecule has 2 N–H and O–H groups in total. The summed E-state index contributed by atoms with van der Waals surface area (Å²) in [5.74, 6) is -0.556. The van der Waals surface area contributed by atoms with Crippen LogP contribution in [0.25, 0.3) is 0 Å². The van der Waals surface area contributed by atoms with E-state index in [-0.39, 0.29) is 11.4 Å². The molecule has 2 aromatic rings. The molecule has 0 bridgehead atoms. The Morgan fingerprint density at radius 2 is 1.84 bits per heavy atom. The van der Waals surface area contributed by atoms with Crippen LogP contribution in [0.15, 0.2) is 57.6 Å². The first-order chi connectivity index (χ1) is 11.7. The molecular weight excluding hydrogens is 352 g/mol.